The van der Waals surface area contributed by atoms with Crippen molar-refractivity contribution >= 4 is 16.7 Å². The number of nitrogens with zero attached hydrogens (tertiary/aromatic N) is 1. The number of rotatable bonds is 3. The van der Waals surface area contributed by atoms with Gasteiger partial charge in [0.2, 0.25) is 0 Å². The van der Waals surface area contributed by atoms with Gasteiger partial charge in [-0.1, -0.05) is 72.8 Å². The highest BCUT2D eigenvalue weighted by Crippen LogP contribution is 2.25. The van der Waals surface area contributed by atoms with Gasteiger partial charge >= 0.3 is 0 Å². The second kappa shape index (κ2) is 5.64. The third-order valence-corrected chi connectivity index (χ3v) is 4.11. The second-order valence-electron chi connectivity index (χ2n) is 5.58. The molecule has 0 spiro atoms. The van der Waals surface area contributed by atoms with Gasteiger partial charge in [-0.05, 0) is 21.9 Å². The summed E-state index contributed by atoms with van der Waals surface area (Å²) >= 11 is 0. The van der Waals surface area contributed by atoms with Crippen molar-refractivity contribution in [3.05, 3.63) is 83.9 Å². The number of hydrogen-bond acceptors (Lipinski definition) is 2. The minimum atomic E-state index is 0.131. The zero-order valence-corrected chi connectivity index (χ0v) is 12.3. The summed E-state index contributed by atoms with van der Waals surface area (Å²) in [4.78, 5) is 4.75. The molecule has 1 heterocycles. The van der Waals surface area contributed by atoms with Gasteiger partial charge in [0.05, 0.1) is 0 Å². The van der Waals surface area contributed by atoms with Gasteiger partial charge in [-0.3, -0.25) is 0 Å². The molecule has 4 rings (SSSR count). The Hall–Kier alpha value is -2.61. The predicted octanol–water partition coefficient (Wildman–Crippen LogP) is 4.55. The summed E-state index contributed by atoms with van der Waals surface area (Å²) in [5.41, 5.74) is 2.49. The zero-order valence-electron chi connectivity index (χ0n) is 12.3. The fourth-order valence-corrected chi connectivity index (χ4v) is 2.98. The third kappa shape index (κ3) is 2.48. The van der Waals surface area contributed by atoms with Gasteiger partial charge in [0.25, 0.3) is 0 Å². The lowest BCUT2D eigenvalue weighted by atomic mass is 10.0. The Morgan fingerprint density at radius 2 is 1.64 bits per heavy atom. The predicted molar refractivity (Wildman–Crippen MR) is 90.2 cm³/mol. The molecule has 3 aromatic rings. The molecule has 0 amide bonds. The molecular weight excluding hydrogens is 270 g/mol. The number of hydrogen-bond donors (Lipinski definition) is 0. The second-order valence-corrected chi connectivity index (χ2v) is 5.58. The molecule has 0 aromatic heterocycles. The summed E-state index contributed by atoms with van der Waals surface area (Å²) in [7, 11) is 0. The number of benzene rings is 3. The summed E-state index contributed by atoms with van der Waals surface area (Å²) in [5.74, 6) is 0.838. The summed E-state index contributed by atoms with van der Waals surface area (Å²) in [5, 5.41) is 2.54. The highest BCUT2D eigenvalue weighted by molar-refractivity contribution is 5.90. The molecule has 3 aromatic carbocycles. The molecule has 22 heavy (non-hydrogen) atoms. The molecule has 1 atom stereocenters. The lowest BCUT2D eigenvalue weighted by molar-refractivity contribution is 0.314. The lowest BCUT2D eigenvalue weighted by Crippen LogP contribution is -2.03. The van der Waals surface area contributed by atoms with E-state index in [9.17, 15) is 0 Å². The molecular formula is C20H17NO. The van der Waals surface area contributed by atoms with Gasteiger partial charge in [-0.2, -0.15) is 0 Å². The van der Waals surface area contributed by atoms with E-state index >= 15 is 0 Å². The quantitative estimate of drug-likeness (QED) is 0.692. The summed E-state index contributed by atoms with van der Waals surface area (Å²) in [6, 6.07) is 25.3. The first-order valence-electron chi connectivity index (χ1n) is 7.61. The van der Waals surface area contributed by atoms with Crippen molar-refractivity contribution in [1.82, 2.24) is 0 Å². The van der Waals surface area contributed by atoms with Crippen LogP contribution in [0, 0.1) is 0 Å². The van der Waals surface area contributed by atoms with E-state index < -0.39 is 0 Å². The highest BCUT2D eigenvalue weighted by atomic mass is 16.5. The Labute approximate surface area is 130 Å². The third-order valence-electron chi connectivity index (χ3n) is 4.11. The number of aliphatic imine (C=N–C) groups is 1. The molecule has 2 nitrogen and oxygen atoms in total. The average molecular weight is 287 g/mol. The summed E-state index contributed by atoms with van der Waals surface area (Å²) in [6.45, 7) is 0.643. The Kier molecular flexibility index (Phi) is 3.36. The molecule has 0 radical (unpaired) electrons. The minimum Gasteiger partial charge on any atom is -0.478 e. The van der Waals surface area contributed by atoms with Crippen LogP contribution in [0.4, 0.5) is 0 Å². The minimum absolute atomic E-state index is 0.131. The van der Waals surface area contributed by atoms with E-state index in [1.165, 1.54) is 21.9 Å². The average Bonchev–Trinajstić information content (AvgIpc) is 3.05. The van der Waals surface area contributed by atoms with E-state index in [1.54, 1.807) is 0 Å². The van der Waals surface area contributed by atoms with Gasteiger partial charge in [0.15, 0.2) is 5.90 Å². The molecule has 2 heteroatoms. The largest absolute Gasteiger partial charge is 0.478 e. The SMILES string of the molecule is c1ccc([C@@H]2COC(Cc3cccc4ccccc34)=N2)cc1. The maximum atomic E-state index is 5.82. The fourth-order valence-electron chi connectivity index (χ4n) is 2.98. The summed E-state index contributed by atoms with van der Waals surface area (Å²) in [6.07, 6.45) is 0.755. The van der Waals surface area contributed by atoms with Gasteiger partial charge in [0, 0.05) is 6.42 Å². The Balaban J connectivity index is 1.61. The van der Waals surface area contributed by atoms with E-state index in [2.05, 4.69) is 54.6 Å². The molecule has 0 bridgehead atoms. The van der Waals surface area contributed by atoms with Crippen LogP contribution < -0.4 is 0 Å². The normalized spacial score (nSPS) is 17.3. The summed E-state index contributed by atoms with van der Waals surface area (Å²) < 4.78 is 5.82. The van der Waals surface area contributed by atoms with E-state index in [0.29, 0.717) is 6.61 Å². The molecule has 0 saturated heterocycles. The monoisotopic (exact) mass is 287 g/mol. The van der Waals surface area contributed by atoms with Crippen molar-refractivity contribution in [2.24, 2.45) is 4.99 Å². The van der Waals surface area contributed by atoms with E-state index in [0.717, 1.165) is 12.3 Å². The molecule has 108 valence electrons. The van der Waals surface area contributed by atoms with Crippen molar-refractivity contribution in [1.29, 1.82) is 0 Å². The number of ether oxygens (including phenoxy) is 1. The van der Waals surface area contributed by atoms with Crippen LogP contribution >= 0.6 is 0 Å². The molecule has 1 aliphatic heterocycles. The first-order valence-corrected chi connectivity index (χ1v) is 7.61. The molecule has 1 aliphatic rings. The molecule has 0 N–H and O–H groups in total. The van der Waals surface area contributed by atoms with Gasteiger partial charge in [-0.25, -0.2) is 4.99 Å². The van der Waals surface area contributed by atoms with Crippen molar-refractivity contribution in [2.75, 3.05) is 6.61 Å². The van der Waals surface area contributed by atoms with Crippen molar-refractivity contribution in [3.63, 3.8) is 0 Å². The van der Waals surface area contributed by atoms with E-state index in [-0.39, 0.29) is 6.04 Å². The number of fused-ring (bicyclic) bond motifs is 1. The van der Waals surface area contributed by atoms with Gasteiger partial charge in [-0.15, -0.1) is 0 Å². The molecule has 0 aliphatic carbocycles. The maximum Gasteiger partial charge on any atom is 0.188 e. The van der Waals surface area contributed by atoms with Crippen molar-refractivity contribution in [2.45, 2.75) is 12.5 Å². The van der Waals surface area contributed by atoms with Crippen LogP contribution in [0.5, 0.6) is 0 Å². The standard InChI is InChI=1S/C20H17NO/c1-2-8-16(9-3-1)19-14-22-20(21-19)13-17-11-6-10-15-7-4-5-12-18(15)17/h1-12,19H,13-14H2/t19-/m0/s1. The molecule has 0 unspecified atom stereocenters. The fraction of sp³-hybridized carbons (Fsp3) is 0.150. The molecule has 0 fully saturated rings. The van der Waals surface area contributed by atoms with E-state index in [4.69, 9.17) is 9.73 Å². The maximum absolute atomic E-state index is 5.82. The Morgan fingerprint density at radius 3 is 2.55 bits per heavy atom. The Bertz CT molecular complexity index is 818. The van der Waals surface area contributed by atoms with Crippen LogP contribution in [-0.4, -0.2) is 12.5 Å². The van der Waals surface area contributed by atoms with Crippen molar-refractivity contribution < 1.29 is 4.74 Å². The van der Waals surface area contributed by atoms with Crippen LogP contribution in [-0.2, 0) is 11.2 Å². The molecule has 0 saturated carbocycles. The first-order chi connectivity index (χ1) is 10.9. The van der Waals surface area contributed by atoms with Crippen LogP contribution in [0.2, 0.25) is 0 Å². The van der Waals surface area contributed by atoms with Gasteiger partial charge < -0.3 is 4.74 Å². The van der Waals surface area contributed by atoms with Crippen LogP contribution in [0.3, 0.4) is 0 Å². The van der Waals surface area contributed by atoms with Crippen LogP contribution in [0.25, 0.3) is 10.8 Å². The lowest BCUT2D eigenvalue weighted by Gasteiger charge is -2.06. The first kappa shape index (κ1) is 13.1. The smallest absolute Gasteiger partial charge is 0.188 e. The van der Waals surface area contributed by atoms with Crippen molar-refractivity contribution in [3.8, 4) is 0 Å². The van der Waals surface area contributed by atoms with Gasteiger partial charge in [0.1, 0.15) is 12.6 Å². The van der Waals surface area contributed by atoms with E-state index in [1.807, 2.05) is 18.2 Å². The van der Waals surface area contributed by atoms with Crippen LogP contribution in [0.15, 0.2) is 77.8 Å². The zero-order chi connectivity index (χ0) is 14.8. The topological polar surface area (TPSA) is 21.6 Å². The Morgan fingerprint density at radius 1 is 0.864 bits per heavy atom. The van der Waals surface area contributed by atoms with Crippen LogP contribution in [0.1, 0.15) is 17.2 Å². The highest BCUT2D eigenvalue weighted by Gasteiger charge is 2.20.